The summed E-state index contributed by atoms with van der Waals surface area (Å²) in [4.78, 5) is 1.19. The van der Waals surface area contributed by atoms with Gasteiger partial charge in [-0.1, -0.05) is 19.1 Å². The fourth-order valence-electron chi connectivity index (χ4n) is 2.81. The Morgan fingerprint density at radius 1 is 1.47 bits per heavy atom. The molecule has 0 radical (unpaired) electrons. The smallest absolute Gasteiger partial charge is 0.132 e. The number of aliphatic hydroxyl groups excluding tert-OH is 1. The summed E-state index contributed by atoms with van der Waals surface area (Å²) >= 11 is 1.87. The fraction of sp³-hybridized carbons (Fsp3) is 0.600. The van der Waals surface area contributed by atoms with Crippen LogP contribution in [-0.2, 0) is 0 Å². The highest BCUT2D eigenvalue weighted by atomic mass is 32.2. The molecule has 106 valence electrons. The van der Waals surface area contributed by atoms with E-state index in [2.05, 4.69) is 18.3 Å². The maximum Gasteiger partial charge on any atom is 0.132 e. The average molecular weight is 281 g/mol. The number of methoxy groups -OCH3 is 1. The molecular weight excluding hydrogens is 258 g/mol. The molecule has 0 bridgehead atoms. The maximum atomic E-state index is 9.64. The van der Waals surface area contributed by atoms with Crippen LogP contribution in [0.1, 0.15) is 26.2 Å². The van der Waals surface area contributed by atoms with Gasteiger partial charge in [-0.2, -0.15) is 0 Å². The van der Waals surface area contributed by atoms with E-state index in [0.717, 1.165) is 31.6 Å². The summed E-state index contributed by atoms with van der Waals surface area (Å²) < 4.78 is 5.40. The van der Waals surface area contributed by atoms with Crippen molar-refractivity contribution in [2.45, 2.75) is 41.9 Å². The Hall–Kier alpha value is -0.710. The van der Waals surface area contributed by atoms with Crippen molar-refractivity contribution >= 4 is 11.8 Å². The molecule has 1 aliphatic rings. The van der Waals surface area contributed by atoms with E-state index in [9.17, 15) is 5.11 Å². The van der Waals surface area contributed by atoms with Crippen LogP contribution in [0.5, 0.6) is 5.75 Å². The van der Waals surface area contributed by atoms with Gasteiger partial charge >= 0.3 is 0 Å². The molecule has 19 heavy (non-hydrogen) atoms. The highest BCUT2D eigenvalue weighted by Gasteiger charge is 2.38. The summed E-state index contributed by atoms with van der Waals surface area (Å²) in [6, 6.07) is 8.15. The van der Waals surface area contributed by atoms with Crippen molar-refractivity contribution in [3.63, 3.8) is 0 Å². The third-order valence-corrected chi connectivity index (χ3v) is 5.11. The Morgan fingerprint density at radius 2 is 2.26 bits per heavy atom. The lowest BCUT2D eigenvalue weighted by molar-refractivity contribution is 0.167. The number of para-hydroxylation sites is 1. The number of likely N-dealkylation sites (N-methyl/N-ethyl adjacent to an activating group) is 1. The largest absolute Gasteiger partial charge is 0.496 e. The van der Waals surface area contributed by atoms with Crippen LogP contribution in [0.4, 0.5) is 0 Å². The predicted molar refractivity (Wildman–Crippen MR) is 80.0 cm³/mol. The standard InChI is InChI=1S/C15H23NO2S/c1-3-16-15(11-17)9-8-12(10-15)19-14-7-5-4-6-13(14)18-2/h4-7,12,16-17H,3,8-11H2,1-2H3. The molecule has 2 N–H and O–H groups in total. The van der Waals surface area contributed by atoms with E-state index in [0.29, 0.717) is 5.25 Å². The summed E-state index contributed by atoms with van der Waals surface area (Å²) in [6.45, 7) is 3.23. The van der Waals surface area contributed by atoms with Crippen molar-refractivity contribution in [3.05, 3.63) is 24.3 Å². The van der Waals surface area contributed by atoms with Gasteiger partial charge in [0.2, 0.25) is 0 Å². The first-order chi connectivity index (χ1) is 9.23. The van der Waals surface area contributed by atoms with Crippen LogP contribution in [0, 0.1) is 0 Å². The van der Waals surface area contributed by atoms with Crippen molar-refractivity contribution in [2.24, 2.45) is 0 Å². The summed E-state index contributed by atoms with van der Waals surface area (Å²) in [5, 5.41) is 13.6. The monoisotopic (exact) mass is 281 g/mol. The summed E-state index contributed by atoms with van der Waals surface area (Å²) in [6.07, 6.45) is 3.19. The number of aliphatic hydroxyl groups is 1. The highest BCUT2D eigenvalue weighted by Crippen LogP contribution is 2.42. The lowest BCUT2D eigenvalue weighted by Crippen LogP contribution is -2.46. The van der Waals surface area contributed by atoms with Gasteiger partial charge in [0.25, 0.3) is 0 Å². The van der Waals surface area contributed by atoms with E-state index in [1.54, 1.807) is 7.11 Å². The van der Waals surface area contributed by atoms with Crippen LogP contribution < -0.4 is 10.1 Å². The Balaban J connectivity index is 2.01. The molecule has 1 saturated carbocycles. The first-order valence-electron chi connectivity index (χ1n) is 6.88. The quantitative estimate of drug-likeness (QED) is 0.841. The molecule has 1 aliphatic carbocycles. The molecule has 1 aromatic carbocycles. The van der Waals surface area contributed by atoms with Crippen molar-refractivity contribution in [1.29, 1.82) is 0 Å². The molecule has 0 saturated heterocycles. The number of hydrogen-bond acceptors (Lipinski definition) is 4. The molecule has 0 spiro atoms. The zero-order valence-corrected chi connectivity index (χ0v) is 12.5. The SMILES string of the molecule is CCNC1(CO)CCC(Sc2ccccc2OC)C1. The van der Waals surface area contributed by atoms with E-state index in [-0.39, 0.29) is 12.1 Å². The Kier molecular flexibility index (Phi) is 5.13. The number of thioether (sulfide) groups is 1. The molecule has 0 heterocycles. The van der Waals surface area contributed by atoms with Gasteiger partial charge in [0, 0.05) is 15.7 Å². The molecule has 2 rings (SSSR count). The first kappa shape index (κ1) is 14.7. The van der Waals surface area contributed by atoms with Crippen molar-refractivity contribution in [3.8, 4) is 5.75 Å². The van der Waals surface area contributed by atoms with E-state index >= 15 is 0 Å². The second kappa shape index (κ2) is 6.64. The van der Waals surface area contributed by atoms with E-state index in [1.165, 1.54) is 4.90 Å². The predicted octanol–water partition coefficient (Wildman–Crippen LogP) is 2.68. The van der Waals surface area contributed by atoms with Crippen molar-refractivity contribution in [1.82, 2.24) is 5.32 Å². The van der Waals surface area contributed by atoms with Crippen LogP contribution in [0.25, 0.3) is 0 Å². The van der Waals surface area contributed by atoms with Gasteiger partial charge in [-0.05, 0) is 37.9 Å². The summed E-state index contributed by atoms with van der Waals surface area (Å²) in [5.74, 6) is 0.942. The van der Waals surface area contributed by atoms with Crippen LogP contribution in [-0.4, -0.2) is 36.2 Å². The third-order valence-electron chi connectivity index (χ3n) is 3.78. The molecule has 1 fully saturated rings. The first-order valence-corrected chi connectivity index (χ1v) is 7.76. The average Bonchev–Trinajstić information content (AvgIpc) is 2.84. The molecule has 0 aromatic heterocycles. The zero-order chi connectivity index (χ0) is 13.7. The third kappa shape index (κ3) is 3.44. The minimum atomic E-state index is -0.0750. The van der Waals surface area contributed by atoms with Crippen molar-refractivity contribution in [2.75, 3.05) is 20.3 Å². The van der Waals surface area contributed by atoms with Crippen LogP contribution in [0.3, 0.4) is 0 Å². The van der Waals surface area contributed by atoms with Crippen molar-refractivity contribution < 1.29 is 9.84 Å². The van der Waals surface area contributed by atoms with E-state index < -0.39 is 0 Å². The Bertz CT molecular complexity index is 413. The van der Waals surface area contributed by atoms with Gasteiger partial charge in [0.15, 0.2) is 0 Å². The second-order valence-corrected chi connectivity index (χ2v) is 6.44. The number of hydrogen-bond donors (Lipinski definition) is 2. The highest BCUT2D eigenvalue weighted by molar-refractivity contribution is 8.00. The fourth-order valence-corrected chi connectivity index (χ4v) is 4.23. The molecule has 0 amide bonds. The second-order valence-electron chi connectivity index (χ2n) is 5.10. The maximum absolute atomic E-state index is 9.64. The zero-order valence-electron chi connectivity index (χ0n) is 11.7. The van der Waals surface area contributed by atoms with Gasteiger partial charge < -0.3 is 15.2 Å². The van der Waals surface area contributed by atoms with Crippen LogP contribution in [0.15, 0.2) is 29.2 Å². The molecule has 2 unspecified atom stereocenters. The van der Waals surface area contributed by atoms with Gasteiger partial charge in [-0.3, -0.25) is 0 Å². The summed E-state index contributed by atoms with van der Waals surface area (Å²) in [5.41, 5.74) is -0.0750. The normalized spacial score (nSPS) is 26.6. The number of benzene rings is 1. The van der Waals surface area contributed by atoms with Crippen LogP contribution in [0.2, 0.25) is 0 Å². The van der Waals surface area contributed by atoms with Gasteiger partial charge in [-0.15, -0.1) is 11.8 Å². The molecule has 1 aromatic rings. The number of rotatable bonds is 6. The van der Waals surface area contributed by atoms with Gasteiger partial charge in [-0.25, -0.2) is 0 Å². The minimum absolute atomic E-state index is 0.0750. The van der Waals surface area contributed by atoms with E-state index in [1.807, 2.05) is 30.0 Å². The number of nitrogens with one attached hydrogen (secondary N) is 1. The van der Waals surface area contributed by atoms with E-state index in [4.69, 9.17) is 4.74 Å². The lowest BCUT2D eigenvalue weighted by atomic mass is 9.99. The summed E-state index contributed by atoms with van der Waals surface area (Å²) in [7, 11) is 1.71. The minimum Gasteiger partial charge on any atom is -0.496 e. The van der Waals surface area contributed by atoms with Crippen LogP contribution >= 0.6 is 11.8 Å². The molecule has 2 atom stereocenters. The molecule has 3 nitrogen and oxygen atoms in total. The Labute approximate surface area is 119 Å². The van der Waals surface area contributed by atoms with Gasteiger partial charge in [0.05, 0.1) is 13.7 Å². The molecule has 4 heteroatoms. The van der Waals surface area contributed by atoms with Gasteiger partial charge in [0.1, 0.15) is 5.75 Å². The Morgan fingerprint density at radius 3 is 2.95 bits per heavy atom. The lowest BCUT2D eigenvalue weighted by Gasteiger charge is -2.28. The molecular formula is C15H23NO2S. The topological polar surface area (TPSA) is 41.5 Å². The molecule has 0 aliphatic heterocycles. The number of ether oxygens (including phenoxy) is 1.